The fourth-order valence-electron chi connectivity index (χ4n) is 2.68. The lowest BCUT2D eigenvalue weighted by Gasteiger charge is -2.05. The van der Waals surface area contributed by atoms with Crippen LogP contribution in [0, 0.1) is 0 Å². The molecule has 0 atom stereocenters. The third-order valence-corrected chi connectivity index (χ3v) is 4.40. The van der Waals surface area contributed by atoms with Gasteiger partial charge in [-0.05, 0) is 30.7 Å². The van der Waals surface area contributed by atoms with Crippen molar-refractivity contribution in [3.05, 3.63) is 47.2 Å². The van der Waals surface area contributed by atoms with Crippen LogP contribution < -0.4 is 5.32 Å². The number of amides is 1. The number of hydrogen-bond donors (Lipinski definition) is 1. The molecule has 0 saturated carbocycles. The van der Waals surface area contributed by atoms with Crippen LogP contribution in [0.4, 0.5) is 0 Å². The Morgan fingerprint density at radius 1 is 1.12 bits per heavy atom. The summed E-state index contributed by atoms with van der Waals surface area (Å²) in [7, 11) is 0. The maximum absolute atomic E-state index is 12.0. The quantitative estimate of drug-likeness (QED) is 0.613. The van der Waals surface area contributed by atoms with E-state index in [4.69, 9.17) is 11.6 Å². The van der Waals surface area contributed by atoms with E-state index in [9.17, 15) is 4.79 Å². The Kier molecular flexibility index (Phi) is 6.17. The molecule has 0 saturated heterocycles. The number of hydrogen-bond acceptors (Lipinski definition) is 4. The van der Waals surface area contributed by atoms with E-state index >= 15 is 0 Å². The molecule has 0 radical (unpaired) electrons. The number of unbranched alkanes of at least 4 members (excludes halogenated alkanes) is 2. The van der Waals surface area contributed by atoms with Gasteiger partial charge in [-0.1, -0.05) is 43.5 Å². The normalized spacial score (nSPS) is 11.0. The second kappa shape index (κ2) is 8.76. The Balaban J connectivity index is 1.68. The molecular weight excluding hydrogens is 350 g/mol. The van der Waals surface area contributed by atoms with Crippen molar-refractivity contribution >= 4 is 23.2 Å². The molecule has 0 aliphatic heterocycles. The van der Waals surface area contributed by atoms with Gasteiger partial charge in [0, 0.05) is 30.0 Å². The second-order valence-corrected chi connectivity index (χ2v) is 6.61. The Labute approximate surface area is 157 Å². The van der Waals surface area contributed by atoms with Crippen LogP contribution in [0.1, 0.15) is 38.4 Å². The molecule has 136 valence electrons. The summed E-state index contributed by atoms with van der Waals surface area (Å²) in [5, 5.41) is 16.5. The molecule has 0 fully saturated rings. The fourth-order valence-corrected chi connectivity index (χ4v) is 2.81. The van der Waals surface area contributed by atoms with Gasteiger partial charge in [-0.2, -0.15) is 9.61 Å². The maximum atomic E-state index is 12.0. The molecule has 6 nitrogen and oxygen atoms in total. The molecule has 0 aliphatic carbocycles. The standard InChI is InChI=1S/C19H22ClN5O/c1-2-3-4-13-21-19(26)12-11-18-23-22-17-10-9-16(24-25(17)18)14-5-7-15(20)8-6-14/h5-10H,2-4,11-13H2,1H3,(H,21,26). The number of halogens is 1. The van der Waals surface area contributed by atoms with Crippen molar-refractivity contribution in [2.24, 2.45) is 0 Å². The number of aryl methyl sites for hydroxylation is 1. The lowest BCUT2D eigenvalue weighted by Crippen LogP contribution is -2.24. The molecule has 7 heteroatoms. The number of nitrogens with one attached hydrogen (secondary N) is 1. The molecule has 0 spiro atoms. The lowest BCUT2D eigenvalue weighted by atomic mass is 10.1. The monoisotopic (exact) mass is 371 g/mol. The third kappa shape index (κ3) is 4.58. The van der Waals surface area contributed by atoms with Gasteiger partial charge < -0.3 is 5.32 Å². The van der Waals surface area contributed by atoms with Gasteiger partial charge in [-0.15, -0.1) is 10.2 Å². The first-order chi connectivity index (χ1) is 12.7. The number of benzene rings is 1. The highest BCUT2D eigenvalue weighted by Gasteiger charge is 2.11. The molecule has 2 heterocycles. The molecule has 1 N–H and O–H groups in total. The number of fused-ring (bicyclic) bond motifs is 1. The van der Waals surface area contributed by atoms with Crippen molar-refractivity contribution < 1.29 is 4.79 Å². The Morgan fingerprint density at radius 2 is 1.92 bits per heavy atom. The van der Waals surface area contributed by atoms with E-state index in [1.807, 2.05) is 36.4 Å². The number of aromatic nitrogens is 4. The number of carbonyl (C=O) groups excluding carboxylic acids is 1. The number of nitrogens with zero attached hydrogens (tertiary/aromatic N) is 4. The molecule has 1 aromatic carbocycles. The molecule has 3 aromatic rings. The van der Waals surface area contributed by atoms with E-state index in [0.29, 0.717) is 29.3 Å². The van der Waals surface area contributed by atoms with Crippen LogP contribution >= 0.6 is 11.6 Å². The van der Waals surface area contributed by atoms with Crippen molar-refractivity contribution in [2.75, 3.05) is 6.54 Å². The van der Waals surface area contributed by atoms with E-state index in [0.717, 1.165) is 37.1 Å². The van der Waals surface area contributed by atoms with Crippen LogP contribution in [-0.2, 0) is 11.2 Å². The Morgan fingerprint density at radius 3 is 2.69 bits per heavy atom. The first kappa shape index (κ1) is 18.3. The zero-order valence-corrected chi connectivity index (χ0v) is 15.5. The van der Waals surface area contributed by atoms with Crippen molar-refractivity contribution in [3.63, 3.8) is 0 Å². The van der Waals surface area contributed by atoms with Crippen molar-refractivity contribution in [1.82, 2.24) is 25.1 Å². The predicted octanol–water partition coefficient (Wildman–Crippen LogP) is 3.68. The third-order valence-electron chi connectivity index (χ3n) is 4.15. The minimum Gasteiger partial charge on any atom is -0.356 e. The molecule has 1 amide bonds. The first-order valence-corrected chi connectivity index (χ1v) is 9.29. The van der Waals surface area contributed by atoms with Gasteiger partial charge in [0.2, 0.25) is 5.91 Å². The van der Waals surface area contributed by atoms with Crippen LogP contribution in [0.5, 0.6) is 0 Å². The average molecular weight is 372 g/mol. The Hall–Kier alpha value is -2.47. The summed E-state index contributed by atoms with van der Waals surface area (Å²) in [5.74, 6) is 0.714. The van der Waals surface area contributed by atoms with Crippen molar-refractivity contribution in [1.29, 1.82) is 0 Å². The van der Waals surface area contributed by atoms with Crippen molar-refractivity contribution in [2.45, 2.75) is 39.0 Å². The van der Waals surface area contributed by atoms with Gasteiger partial charge in [-0.3, -0.25) is 4.79 Å². The summed E-state index contributed by atoms with van der Waals surface area (Å²) < 4.78 is 1.70. The minimum absolute atomic E-state index is 0.0340. The summed E-state index contributed by atoms with van der Waals surface area (Å²) in [6.45, 7) is 2.87. The number of rotatable bonds is 8. The highest BCUT2D eigenvalue weighted by molar-refractivity contribution is 6.30. The van der Waals surface area contributed by atoms with E-state index in [2.05, 4.69) is 27.5 Å². The smallest absolute Gasteiger partial charge is 0.220 e. The van der Waals surface area contributed by atoms with E-state index < -0.39 is 0 Å². The molecule has 0 bridgehead atoms. The molecule has 0 unspecified atom stereocenters. The first-order valence-electron chi connectivity index (χ1n) is 8.91. The largest absolute Gasteiger partial charge is 0.356 e. The predicted molar refractivity (Wildman–Crippen MR) is 102 cm³/mol. The number of carbonyl (C=O) groups is 1. The van der Waals surface area contributed by atoms with Gasteiger partial charge >= 0.3 is 0 Å². The summed E-state index contributed by atoms with van der Waals surface area (Å²) in [4.78, 5) is 12.0. The van der Waals surface area contributed by atoms with E-state index in [1.54, 1.807) is 4.52 Å². The molecular formula is C19H22ClN5O. The van der Waals surface area contributed by atoms with Gasteiger partial charge in [0.05, 0.1) is 5.69 Å². The van der Waals surface area contributed by atoms with Crippen LogP contribution in [0.15, 0.2) is 36.4 Å². The zero-order valence-electron chi connectivity index (χ0n) is 14.8. The topological polar surface area (TPSA) is 72.2 Å². The van der Waals surface area contributed by atoms with E-state index in [-0.39, 0.29) is 5.91 Å². The second-order valence-electron chi connectivity index (χ2n) is 6.17. The van der Waals surface area contributed by atoms with Gasteiger partial charge in [0.1, 0.15) is 0 Å². The fraction of sp³-hybridized carbons (Fsp3) is 0.368. The summed E-state index contributed by atoms with van der Waals surface area (Å²) in [6.07, 6.45) is 4.16. The molecule has 2 aromatic heterocycles. The zero-order chi connectivity index (χ0) is 18.4. The van der Waals surface area contributed by atoms with Crippen LogP contribution in [0.25, 0.3) is 16.9 Å². The molecule has 3 rings (SSSR count). The highest BCUT2D eigenvalue weighted by Crippen LogP contribution is 2.20. The van der Waals surface area contributed by atoms with Gasteiger partial charge in [0.25, 0.3) is 0 Å². The van der Waals surface area contributed by atoms with Crippen molar-refractivity contribution in [3.8, 4) is 11.3 Å². The van der Waals surface area contributed by atoms with E-state index in [1.165, 1.54) is 0 Å². The Bertz CT molecular complexity index is 875. The minimum atomic E-state index is 0.0340. The summed E-state index contributed by atoms with van der Waals surface area (Å²) in [6, 6.07) is 11.3. The maximum Gasteiger partial charge on any atom is 0.220 e. The summed E-state index contributed by atoms with van der Waals surface area (Å²) in [5.41, 5.74) is 2.44. The highest BCUT2D eigenvalue weighted by atomic mass is 35.5. The van der Waals surface area contributed by atoms with Crippen LogP contribution in [0.2, 0.25) is 5.02 Å². The summed E-state index contributed by atoms with van der Waals surface area (Å²) >= 11 is 5.94. The lowest BCUT2D eigenvalue weighted by molar-refractivity contribution is -0.121. The SMILES string of the molecule is CCCCCNC(=O)CCc1nnc2ccc(-c3ccc(Cl)cc3)nn12. The van der Waals surface area contributed by atoms with Gasteiger partial charge in [0.15, 0.2) is 11.5 Å². The van der Waals surface area contributed by atoms with Crippen LogP contribution in [0.3, 0.4) is 0 Å². The van der Waals surface area contributed by atoms with Crippen LogP contribution in [-0.4, -0.2) is 32.3 Å². The molecule has 26 heavy (non-hydrogen) atoms. The molecule has 0 aliphatic rings. The average Bonchev–Trinajstić information content (AvgIpc) is 3.06. The van der Waals surface area contributed by atoms with Gasteiger partial charge in [-0.25, -0.2) is 0 Å².